The van der Waals surface area contributed by atoms with Gasteiger partial charge >= 0.3 is 24.9 Å². The van der Waals surface area contributed by atoms with Gasteiger partial charge in [0, 0.05) is 13.1 Å². The maximum atomic E-state index is 13.7. The Kier molecular flexibility index (Phi) is 8.73. The summed E-state index contributed by atoms with van der Waals surface area (Å²) in [5.74, 6) is -0.498. The molecule has 1 aliphatic rings. The first-order chi connectivity index (χ1) is 17.4. The topological polar surface area (TPSA) is 169 Å². The summed E-state index contributed by atoms with van der Waals surface area (Å²) in [6.45, 7) is 13.3. The number of nitrogens with two attached hydrogens (primary N) is 1. The fraction of sp³-hybridized carbons (Fsp3) is 0.478. The summed E-state index contributed by atoms with van der Waals surface area (Å²) in [7, 11) is -4.25. The second-order valence-corrected chi connectivity index (χ2v) is 10.6. The van der Waals surface area contributed by atoms with Crippen LogP contribution in [0.1, 0.15) is 33.9 Å². The molecule has 2 aromatic rings. The van der Waals surface area contributed by atoms with E-state index in [-0.39, 0.29) is 11.6 Å². The molecule has 0 saturated carbocycles. The third kappa shape index (κ3) is 6.54. The molecule has 1 aliphatic heterocycles. The van der Waals surface area contributed by atoms with E-state index >= 15 is 0 Å². The molecule has 0 spiro atoms. The van der Waals surface area contributed by atoms with E-state index in [1.54, 1.807) is 44.2 Å². The molecule has 13 nitrogen and oxygen atoms in total. The van der Waals surface area contributed by atoms with Crippen LogP contribution in [0.15, 0.2) is 47.4 Å². The molecule has 1 aromatic heterocycles. The molecule has 2 heterocycles. The van der Waals surface area contributed by atoms with Crippen LogP contribution in [0.4, 0.5) is 5.82 Å². The van der Waals surface area contributed by atoms with E-state index in [1.165, 1.54) is 26.1 Å². The predicted octanol–water partition coefficient (Wildman–Crippen LogP) is 1.90. The molecule has 6 atom stereocenters. The molecule has 200 valence electrons. The number of rotatable bonds is 10. The number of benzene rings is 1. The monoisotopic (exact) mass is 535 g/mol. The molecular weight excluding hydrogens is 505 g/mol. The Morgan fingerprint density at radius 1 is 1.35 bits per heavy atom. The number of nitrogen functional groups attached to an aromatic ring is 1. The summed E-state index contributed by atoms with van der Waals surface area (Å²) in [6.07, 6.45) is -2.98. The van der Waals surface area contributed by atoms with Crippen molar-refractivity contribution in [2.24, 2.45) is 0 Å². The van der Waals surface area contributed by atoms with Crippen molar-refractivity contribution in [1.29, 1.82) is 0 Å². The Bertz CT molecular complexity index is 1250. The maximum absolute atomic E-state index is 13.7. The summed E-state index contributed by atoms with van der Waals surface area (Å²) >= 11 is 0. The molecule has 0 radical (unpaired) electrons. The third-order valence-corrected chi connectivity index (χ3v) is 7.18. The second-order valence-electron chi connectivity index (χ2n) is 8.89. The second kappa shape index (κ2) is 11.4. The van der Waals surface area contributed by atoms with Crippen LogP contribution >= 0.6 is 7.75 Å². The molecule has 0 amide bonds. The maximum Gasteiger partial charge on any atom is 0.459 e. The Morgan fingerprint density at radius 3 is 2.62 bits per heavy atom. The van der Waals surface area contributed by atoms with Crippen LogP contribution in [0.3, 0.4) is 0 Å². The quantitative estimate of drug-likeness (QED) is 0.231. The summed E-state index contributed by atoms with van der Waals surface area (Å²) in [5.41, 5.74) is 3.17. The molecule has 14 heteroatoms. The largest absolute Gasteiger partial charge is 0.462 e. The van der Waals surface area contributed by atoms with E-state index in [4.69, 9.17) is 30.8 Å². The Balaban J connectivity index is 1.83. The van der Waals surface area contributed by atoms with E-state index in [0.717, 1.165) is 4.57 Å². The number of para-hydroxylation sites is 1. The zero-order valence-electron chi connectivity index (χ0n) is 20.8. The van der Waals surface area contributed by atoms with E-state index in [1.807, 2.05) is 0 Å². The minimum absolute atomic E-state index is 0.0145. The zero-order chi connectivity index (χ0) is 27.4. The average Bonchev–Trinajstić information content (AvgIpc) is 3.08. The van der Waals surface area contributed by atoms with Crippen molar-refractivity contribution in [3.8, 4) is 5.75 Å². The molecular formula is C23H30N5O8P. The average molecular weight is 535 g/mol. The highest BCUT2D eigenvalue weighted by Crippen LogP contribution is 2.47. The molecule has 0 bridgehead atoms. The first-order valence-electron chi connectivity index (χ1n) is 11.4. The minimum atomic E-state index is -4.25. The Labute approximate surface area is 213 Å². The van der Waals surface area contributed by atoms with Crippen molar-refractivity contribution >= 4 is 19.5 Å². The first-order valence-corrected chi connectivity index (χ1v) is 13.0. The van der Waals surface area contributed by atoms with E-state index in [2.05, 4.69) is 14.9 Å². The standard InChI is InChI=1S/C23H30N5O8P/c1-14(2)34-20(30)15(3)27-37(32,36-16-9-7-6-8-10-16)33-13-17-19(29)23(4,25-5)21(35-17)28-12-11-18(24)26-22(28)31/h6-12,14-15,17,19,21,29H,13H2,1-4H3,(H,27,32)(H2,24,26,31)/t15-,17+,19+,21?,23+,37+/m0/s1. The molecule has 0 aliphatic carbocycles. The van der Waals surface area contributed by atoms with Crippen LogP contribution in [0.25, 0.3) is 4.85 Å². The number of ether oxygens (including phenoxy) is 2. The molecule has 1 fully saturated rings. The SMILES string of the molecule is [C-]#[N+][C@@]1(C)C(n2ccc(N)nc2=O)O[C@H](CO[P@](=O)(N[C@@H](C)C(=O)OC(C)C)Oc2ccccc2)[C@H]1O. The number of hydrogen-bond donors (Lipinski definition) is 3. The van der Waals surface area contributed by atoms with Crippen molar-refractivity contribution in [2.45, 2.75) is 63.8 Å². The Morgan fingerprint density at radius 2 is 2.03 bits per heavy atom. The van der Waals surface area contributed by atoms with E-state index < -0.39 is 62.1 Å². The smallest absolute Gasteiger partial charge is 0.459 e. The molecule has 1 unspecified atom stereocenters. The molecule has 37 heavy (non-hydrogen) atoms. The van der Waals surface area contributed by atoms with Crippen molar-refractivity contribution < 1.29 is 33.0 Å². The number of hydrogen-bond acceptors (Lipinski definition) is 10. The van der Waals surface area contributed by atoms with Crippen LogP contribution in [-0.2, 0) is 23.4 Å². The van der Waals surface area contributed by atoms with Crippen LogP contribution < -0.4 is 21.0 Å². The van der Waals surface area contributed by atoms with Gasteiger partial charge in [0.2, 0.25) is 6.23 Å². The fourth-order valence-electron chi connectivity index (χ4n) is 3.61. The van der Waals surface area contributed by atoms with Gasteiger partial charge in [0.25, 0.3) is 0 Å². The van der Waals surface area contributed by atoms with Gasteiger partial charge in [0.05, 0.1) is 12.7 Å². The molecule has 1 aromatic carbocycles. The lowest BCUT2D eigenvalue weighted by molar-refractivity contribution is -0.149. The summed E-state index contributed by atoms with van der Waals surface area (Å²) in [5, 5.41) is 13.5. The number of nitrogens with one attached hydrogen (secondary N) is 1. The van der Waals surface area contributed by atoms with Gasteiger partial charge in [-0.25, -0.2) is 15.9 Å². The van der Waals surface area contributed by atoms with Gasteiger partial charge in [-0.05, 0) is 39.0 Å². The van der Waals surface area contributed by atoms with E-state index in [0.29, 0.717) is 0 Å². The molecule has 4 N–H and O–H groups in total. The number of carbonyl (C=O) groups is 1. The van der Waals surface area contributed by atoms with Gasteiger partial charge in [0.1, 0.15) is 23.7 Å². The normalized spacial score (nSPS) is 25.7. The van der Waals surface area contributed by atoms with Gasteiger partial charge in [0.15, 0.2) is 6.10 Å². The number of esters is 1. The van der Waals surface area contributed by atoms with Crippen molar-refractivity contribution in [3.63, 3.8) is 0 Å². The first kappa shape index (κ1) is 28.3. The number of carbonyl (C=O) groups excluding carboxylic acids is 1. The number of anilines is 1. The van der Waals surface area contributed by atoms with Crippen LogP contribution in [0.5, 0.6) is 5.75 Å². The number of aromatic nitrogens is 2. The van der Waals surface area contributed by atoms with Crippen LogP contribution in [0, 0.1) is 6.57 Å². The number of nitrogens with zero attached hydrogens (tertiary/aromatic N) is 3. The van der Waals surface area contributed by atoms with E-state index in [9.17, 15) is 19.3 Å². The highest BCUT2D eigenvalue weighted by molar-refractivity contribution is 7.52. The van der Waals surface area contributed by atoms with Gasteiger partial charge in [-0.15, -0.1) is 0 Å². The van der Waals surface area contributed by atoms with Crippen LogP contribution in [-0.4, -0.2) is 57.1 Å². The minimum Gasteiger partial charge on any atom is -0.462 e. The lowest BCUT2D eigenvalue weighted by Crippen LogP contribution is -2.44. The van der Waals surface area contributed by atoms with Crippen LogP contribution in [0.2, 0.25) is 0 Å². The highest BCUT2D eigenvalue weighted by Gasteiger charge is 2.61. The predicted molar refractivity (Wildman–Crippen MR) is 132 cm³/mol. The van der Waals surface area contributed by atoms with Crippen molar-refractivity contribution in [3.05, 3.63) is 64.5 Å². The summed E-state index contributed by atoms with van der Waals surface area (Å²) in [6, 6.07) is 8.41. The van der Waals surface area contributed by atoms with Gasteiger partial charge in [-0.1, -0.05) is 18.2 Å². The fourth-order valence-corrected chi connectivity index (χ4v) is 5.11. The van der Waals surface area contributed by atoms with Gasteiger partial charge in [-0.2, -0.15) is 10.1 Å². The zero-order valence-corrected chi connectivity index (χ0v) is 21.7. The van der Waals surface area contributed by atoms with Crippen molar-refractivity contribution in [1.82, 2.24) is 14.6 Å². The summed E-state index contributed by atoms with van der Waals surface area (Å²) in [4.78, 5) is 31.8. The summed E-state index contributed by atoms with van der Waals surface area (Å²) < 4.78 is 36.9. The Hall–Kier alpha value is -3.27. The number of aliphatic hydroxyl groups is 1. The third-order valence-electron chi connectivity index (χ3n) is 5.53. The van der Waals surface area contributed by atoms with Crippen molar-refractivity contribution in [2.75, 3.05) is 12.3 Å². The number of aliphatic hydroxyl groups excluding tert-OH is 1. The lowest BCUT2D eigenvalue weighted by Gasteiger charge is -2.25. The molecule has 1 saturated heterocycles. The highest BCUT2D eigenvalue weighted by atomic mass is 31.2. The lowest BCUT2D eigenvalue weighted by atomic mass is 9.93. The molecule has 3 rings (SSSR count). The van der Waals surface area contributed by atoms with Gasteiger partial charge in [-0.3, -0.25) is 13.9 Å². The van der Waals surface area contributed by atoms with Gasteiger partial charge < -0.3 is 29.7 Å².